The van der Waals surface area contributed by atoms with Crippen LogP contribution in [0.5, 0.6) is 0 Å². The van der Waals surface area contributed by atoms with Crippen molar-refractivity contribution < 1.29 is 17.9 Å². The predicted molar refractivity (Wildman–Crippen MR) is 100.0 cm³/mol. The summed E-state index contributed by atoms with van der Waals surface area (Å²) in [4.78, 5) is 11.4. The van der Waals surface area contributed by atoms with Crippen LogP contribution in [0.2, 0.25) is 10.0 Å². The van der Waals surface area contributed by atoms with E-state index < -0.39 is 21.2 Å². The van der Waals surface area contributed by atoms with Gasteiger partial charge in [0.1, 0.15) is 0 Å². The molecule has 25 heavy (non-hydrogen) atoms. The van der Waals surface area contributed by atoms with Gasteiger partial charge in [0.05, 0.1) is 28.0 Å². The number of hydrogen-bond donors (Lipinski definition) is 1. The molecular weight excluding hydrogens is 385 g/mol. The van der Waals surface area contributed by atoms with E-state index in [1.54, 1.807) is 25.1 Å². The maximum atomic E-state index is 12.5. The summed E-state index contributed by atoms with van der Waals surface area (Å²) >= 11 is 12.1. The quantitative estimate of drug-likeness (QED) is 0.737. The van der Waals surface area contributed by atoms with E-state index in [9.17, 15) is 13.2 Å². The topological polar surface area (TPSA) is 72.5 Å². The molecule has 0 saturated heterocycles. The highest BCUT2D eigenvalue weighted by molar-refractivity contribution is 7.93. The minimum atomic E-state index is -3.65. The van der Waals surface area contributed by atoms with Crippen molar-refractivity contribution in [2.75, 3.05) is 11.8 Å². The molecule has 8 heteroatoms. The van der Waals surface area contributed by atoms with Crippen LogP contribution in [-0.2, 0) is 21.2 Å². The SMILES string of the molecule is COC(=O)c1ccc(NS(=O)(=O)C(C)Cc2cccc(Cl)c2Cl)cc1. The lowest BCUT2D eigenvalue weighted by molar-refractivity contribution is 0.0601. The molecule has 0 fully saturated rings. The van der Waals surface area contributed by atoms with Crippen LogP contribution in [0, 0.1) is 0 Å². The number of halogens is 2. The fourth-order valence-corrected chi connectivity index (χ4v) is 3.64. The number of nitrogens with one attached hydrogen (secondary N) is 1. The first-order valence-corrected chi connectivity index (χ1v) is 9.67. The Balaban J connectivity index is 2.12. The molecular formula is C17H17Cl2NO4S. The molecule has 0 aliphatic carbocycles. The molecule has 134 valence electrons. The number of anilines is 1. The molecule has 0 aromatic heterocycles. The fraction of sp³-hybridized carbons (Fsp3) is 0.235. The zero-order valence-electron chi connectivity index (χ0n) is 13.6. The zero-order chi connectivity index (χ0) is 18.6. The molecule has 1 unspecified atom stereocenters. The smallest absolute Gasteiger partial charge is 0.337 e. The first kappa shape index (κ1) is 19.6. The van der Waals surface area contributed by atoms with Crippen LogP contribution in [-0.4, -0.2) is 26.7 Å². The molecule has 0 spiro atoms. The van der Waals surface area contributed by atoms with Gasteiger partial charge in [-0.2, -0.15) is 0 Å². The number of hydrogen-bond acceptors (Lipinski definition) is 4. The lowest BCUT2D eigenvalue weighted by Crippen LogP contribution is -2.27. The fourth-order valence-electron chi connectivity index (χ4n) is 2.18. The second kappa shape index (κ2) is 8.08. The number of methoxy groups -OCH3 is 1. The van der Waals surface area contributed by atoms with Crippen molar-refractivity contribution in [2.24, 2.45) is 0 Å². The van der Waals surface area contributed by atoms with Crippen LogP contribution >= 0.6 is 23.2 Å². The number of esters is 1. The molecule has 0 bridgehead atoms. The van der Waals surface area contributed by atoms with Crippen LogP contribution in [0.3, 0.4) is 0 Å². The van der Waals surface area contributed by atoms with Crippen molar-refractivity contribution in [1.82, 2.24) is 0 Å². The lowest BCUT2D eigenvalue weighted by Gasteiger charge is -2.16. The third-order valence-corrected chi connectivity index (χ3v) is 6.24. The van der Waals surface area contributed by atoms with E-state index in [0.29, 0.717) is 26.9 Å². The molecule has 1 atom stereocenters. The minimum absolute atomic E-state index is 0.217. The summed E-state index contributed by atoms with van der Waals surface area (Å²) in [6, 6.07) is 11.1. The normalized spacial score (nSPS) is 12.5. The van der Waals surface area contributed by atoms with Crippen molar-refractivity contribution >= 4 is 44.9 Å². The van der Waals surface area contributed by atoms with Gasteiger partial charge in [-0.1, -0.05) is 35.3 Å². The van der Waals surface area contributed by atoms with Gasteiger partial charge in [0, 0.05) is 5.69 Å². The van der Waals surface area contributed by atoms with Crippen molar-refractivity contribution in [2.45, 2.75) is 18.6 Å². The highest BCUT2D eigenvalue weighted by Crippen LogP contribution is 2.27. The van der Waals surface area contributed by atoms with Crippen LogP contribution in [0.15, 0.2) is 42.5 Å². The minimum Gasteiger partial charge on any atom is -0.465 e. The zero-order valence-corrected chi connectivity index (χ0v) is 16.0. The molecule has 5 nitrogen and oxygen atoms in total. The molecule has 0 saturated carbocycles. The van der Waals surface area contributed by atoms with E-state index in [1.165, 1.54) is 31.4 Å². The third-order valence-electron chi connectivity index (χ3n) is 3.63. The van der Waals surface area contributed by atoms with E-state index in [0.717, 1.165) is 0 Å². The predicted octanol–water partition coefficient (Wildman–Crippen LogP) is 4.15. The second-order valence-electron chi connectivity index (χ2n) is 5.44. The van der Waals surface area contributed by atoms with E-state index >= 15 is 0 Å². The van der Waals surface area contributed by atoms with Crippen LogP contribution < -0.4 is 4.72 Å². The van der Waals surface area contributed by atoms with Gasteiger partial charge in [-0.05, 0) is 49.2 Å². The van der Waals surface area contributed by atoms with Gasteiger partial charge in [-0.3, -0.25) is 4.72 Å². The highest BCUT2D eigenvalue weighted by atomic mass is 35.5. The number of sulfonamides is 1. The maximum absolute atomic E-state index is 12.5. The van der Waals surface area contributed by atoms with Crippen LogP contribution in [0.25, 0.3) is 0 Å². The summed E-state index contributed by atoms with van der Waals surface area (Å²) in [6.07, 6.45) is 0.217. The highest BCUT2D eigenvalue weighted by Gasteiger charge is 2.22. The van der Waals surface area contributed by atoms with Crippen molar-refractivity contribution in [3.05, 3.63) is 63.6 Å². The average Bonchev–Trinajstić information content (AvgIpc) is 2.58. The number of carbonyl (C=O) groups is 1. The molecule has 0 heterocycles. The van der Waals surface area contributed by atoms with E-state index in [1.807, 2.05) is 0 Å². The molecule has 2 aromatic carbocycles. The summed E-state index contributed by atoms with van der Waals surface area (Å²) in [5.74, 6) is -0.488. The standard InChI is InChI=1S/C17H17Cl2NO4S/c1-11(10-13-4-3-5-15(18)16(13)19)25(22,23)20-14-8-6-12(7-9-14)17(21)24-2/h3-9,11,20H,10H2,1-2H3. The Kier molecular flexibility index (Phi) is 6.32. The van der Waals surface area contributed by atoms with Crippen LogP contribution in [0.4, 0.5) is 5.69 Å². The Bertz CT molecular complexity index is 867. The number of ether oxygens (including phenoxy) is 1. The summed E-state index contributed by atoms with van der Waals surface area (Å²) < 4.78 is 32.1. The Hall–Kier alpha value is -1.76. The molecule has 2 rings (SSSR count). The molecule has 0 aliphatic rings. The monoisotopic (exact) mass is 401 g/mol. The van der Waals surface area contributed by atoms with E-state index in [2.05, 4.69) is 9.46 Å². The van der Waals surface area contributed by atoms with E-state index in [-0.39, 0.29) is 6.42 Å². The van der Waals surface area contributed by atoms with Crippen molar-refractivity contribution in [1.29, 1.82) is 0 Å². The molecule has 0 aliphatic heterocycles. The molecule has 0 radical (unpaired) electrons. The average molecular weight is 402 g/mol. The number of carbonyl (C=O) groups excluding carboxylic acids is 1. The Labute approximate surface area is 157 Å². The van der Waals surface area contributed by atoms with Gasteiger partial charge < -0.3 is 4.74 Å². The third kappa shape index (κ3) is 4.87. The van der Waals surface area contributed by atoms with E-state index in [4.69, 9.17) is 23.2 Å². The molecule has 0 amide bonds. The Morgan fingerprint density at radius 1 is 1.16 bits per heavy atom. The largest absolute Gasteiger partial charge is 0.465 e. The number of benzene rings is 2. The maximum Gasteiger partial charge on any atom is 0.337 e. The number of rotatable bonds is 6. The van der Waals surface area contributed by atoms with Gasteiger partial charge in [0.25, 0.3) is 0 Å². The van der Waals surface area contributed by atoms with Gasteiger partial charge >= 0.3 is 5.97 Å². The van der Waals surface area contributed by atoms with Crippen molar-refractivity contribution in [3.8, 4) is 0 Å². The van der Waals surface area contributed by atoms with Crippen molar-refractivity contribution in [3.63, 3.8) is 0 Å². The summed E-state index contributed by atoms with van der Waals surface area (Å²) in [5.41, 5.74) is 1.36. The summed E-state index contributed by atoms with van der Waals surface area (Å²) in [6.45, 7) is 1.59. The Morgan fingerprint density at radius 3 is 2.40 bits per heavy atom. The first-order valence-electron chi connectivity index (χ1n) is 7.37. The van der Waals surface area contributed by atoms with Gasteiger partial charge in [-0.25, -0.2) is 13.2 Å². The summed E-state index contributed by atoms with van der Waals surface area (Å²) in [7, 11) is -2.37. The molecule has 2 aromatic rings. The van der Waals surface area contributed by atoms with Crippen LogP contribution in [0.1, 0.15) is 22.8 Å². The Morgan fingerprint density at radius 2 is 1.80 bits per heavy atom. The summed E-state index contributed by atoms with van der Waals surface area (Å²) in [5, 5.41) is 0.00696. The molecule has 1 N–H and O–H groups in total. The van der Waals surface area contributed by atoms with Gasteiger partial charge in [-0.15, -0.1) is 0 Å². The van der Waals surface area contributed by atoms with Gasteiger partial charge in [0.15, 0.2) is 0 Å². The second-order valence-corrected chi connectivity index (χ2v) is 8.33. The lowest BCUT2D eigenvalue weighted by atomic mass is 10.1. The van der Waals surface area contributed by atoms with Gasteiger partial charge in [0.2, 0.25) is 10.0 Å². The first-order chi connectivity index (χ1) is 11.7.